The first-order chi connectivity index (χ1) is 7.95. The highest BCUT2D eigenvalue weighted by molar-refractivity contribution is 5.75. The Morgan fingerprint density at radius 3 is 2.41 bits per heavy atom. The van der Waals surface area contributed by atoms with Gasteiger partial charge in [0, 0.05) is 19.8 Å². The van der Waals surface area contributed by atoms with Crippen LogP contribution in [0.15, 0.2) is 24.3 Å². The van der Waals surface area contributed by atoms with Gasteiger partial charge in [-0.15, -0.1) is 0 Å². The molecular formula is C14H22O3. The number of hydrogen-bond acceptors (Lipinski definition) is 3. The van der Waals surface area contributed by atoms with Crippen LogP contribution in [0.25, 0.3) is 0 Å². The molecule has 96 valence electrons. The molecule has 0 aromatic carbocycles. The third-order valence-corrected chi connectivity index (χ3v) is 2.34. The molecule has 0 saturated heterocycles. The molecule has 0 aromatic heterocycles. The highest BCUT2D eigenvalue weighted by Crippen LogP contribution is 2.09. The SMILES string of the molecule is C=C(/C=C/CC(CC)OC(C)=O)CCC(C)=O. The van der Waals surface area contributed by atoms with E-state index in [9.17, 15) is 9.59 Å². The first-order valence-corrected chi connectivity index (χ1v) is 5.96. The van der Waals surface area contributed by atoms with Gasteiger partial charge in [0.05, 0.1) is 0 Å². The summed E-state index contributed by atoms with van der Waals surface area (Å²) in [5.74, 6) is -0.0773. The zero-order chi connectivity index (χ0) is 13.3. The van der Waals surface area contributed by atoms with Gasteiger partial charge >= 0.3 is 5.97 Å². The number of allylic oxidation sites excluding steroid dienone is 2. The van der Waals surface area contributed by atoms with E-state index in [0.717, 1.165) is 12.0 Å². The number of hydrogen-bond donors (Lipinski definition) is 0. The number of carbonyl (C=O) groups excluding carboxylic acids is 2. The summed E-state index contributed by atoms with van der Waals surface area (Å²) in [6.45, 7) is 8.83. The molecule has 1 unspecified atom stereocenters. The second-order valence-corrected chi connectivity index (χ2v) is 4.14. The lowest BCUT2D eigenvalue weighted by Crippen LogP contribution is -2.14. The fraction of sp³-hybridized carbons (Fsp3) is 0.571. The first kappa shape index (κ1) is 15.6. The van der Waals surface area contributed by atoms with E-state index in [1.807, 2.05) is 19.1 Å². The fourth-order valence-electron chi connectivity index (χ4n) is 1.34. The lowest BCUT2D eigenvalue weighted by atomic mass is 10.1. The molecule has 3 heteroatoms. The van der Waals surface area contributed by atoms with Gasteiger partial charge in [0.2, 0.25) is 0 Å². The van der Waals surface area contributed by atoms with E-state index in [1.54, 1.807) is 6.92 Å². The van der Waals surface area contributed by atoms with Gasteiger partial charge < -0.3 is 9.53 Å². The van der Waals surface area contributed by atoms with Crippen LogP contribution >= 0.6 is 0 Å². The van der Waals surface area contributed by atoms with Crippen LogP contribution in [0.2, 0.25) is 0 Å². The zero-order valence-electron chi connectivity index (χ0n) is 11.0. The van der Waals surface area contributed by atoms with Crippen molar-refractivity contribution < 1.29 is 14.3 Å². The molecule has 0 amide bonds. The number of esters is 1. The van der Waals surface area contributed by atoms with E-state index in [4.69, 9.17) is 4.74 Å². The van der Waals surface area contributed by atoms with Crippen molar-refractivity contribution in [3.05, 3.63) is 24.3 Å². The fourth-order valence-corrected chi connectivity index (χ4v) is 1.34. The van der Waals surface area contributed by atoms with Crippen molar-refractivity contribution in [1.82, 2.24) is 0 Å². The van der Waals surface area contributed by atoms with Crippen molar-refractivity contribution in [3.63, 3.8) is 0 Å². The van der Waals surface area contributed by atoms with Gasteiger partial charge in [-0.25, -0.2) is 0 Å². The van der Waals surface area contributed by atoms with Crippen molar-refractivity contribution in [3.8, 4) is 0 Å². The Hall–Kier alpha value is -1.38. The van der Waals surface area contributed by atoms with Gasteiger partial charge in [0.25, 0.3) is 0 Å². The molecule has 0 aromatic rings. The molecule has 0 aliphatic rings. The van der Waals surface area contributed by atoms with Crippen LogP contribution < -0.4 is 0 Å². The summed E-state index contributed by atoms with van der Waals surface area (Å²) in [7, 11) is 0. The van der Waals surface area contributed by atoms with E-state index < -0.39 is 0 Å². The maximum atomic E-state index is 10.8. The van der Waals surface area contributed by atoms with Crippen molar-refractivity contribution in [1.29, 1.82) is 0 Å². The summed E-state index contributed by atoms with van der Waals surface area (Å²) in [4.78, 5) is 21.6. The maximum Gasteiger partial charge on any atom is 0.302 e. The van der Waals surface area contributed by atoms with Crippen molar-refractivity contribution in [2.45, 2.75) is 52.6 Å². The van der Waals surface area contributed by atoms with Gasteiger partial charge in [-0.05, 0) is 19.8 Å². The lowest BCUT2D eigenvalue weighted by molar-refractivity contribution is -0.146. The van der Waals surface area contributed by atoms with Crippen molar-refractivity contribution >= 4 is 11.8 Å². The predicted molar refractivity (Wildman–Crippen MR) is 68.7 cm³/mol. The van der Waals surface area contributed by atoms with Crippen LogP contribution in [0.1, 0.15) is 46.5 Å². The molecule has 3 nitrogen and oxygen atoms in total. The minimum absolute atomic E-state index is 0.0654. The van der Waals surface area contributed by atoms with E-state index >= 15 is 0 Å². The van der Waals surface area contributed by atoms with Crippen molar-refractivity contribution in [2.24, 2.45) is 0 Å². The molecule has 0 saturated carbocycles. The quantitative estimate of drug-likeness (QED) is 0.482. The number of carbonyl (C=O) groups is 2. The highest BCUT2D eigenvalue weighted by Gasteiger charge is 2.06. The van der Waals surface area contributed by atoms with E-state index in [2.05, 4.69) is 6.58 Å². The number of ether oxygens (including phenoxy) is 1. The molecule has 1 atom stereocenters. The Bertz CT molecular complexity index is 303. The third-order valence-electron chi connectivity index (χ3n) is 2.34. The third kappa shape index (κ3) is 9.54. The number of ketones is 1. The van der Waals surface area contributed by atoms with Crippen LogP contribution in [0.3, 0.4) is 0 Å². The van der Waals surface area contributed by atoms with E-state index in [1.165, 1.54) is 6.92 Å². The molecule has 0 rings (SSSR count). The Morgan fingerprint density at radius 1 is 1.29 bits per heavy atom. The molecule has 17 heavy (non-hydrogen) atoms. The summed E-state index contributed by atoms with van der Waals surface area (Å²) < 4.78 is 5.11. The summed E-state index contributed by atoms with van der Waals surface area (Å²) >= 11 is 0. The number of rotatable bonds is 8. The van der Waals surface area contributed by atoms with Gasteiger partial charge in [-0.2, -0.15) is 0 Å². The average molecular weight is 238 g/mol. The van der Waals surface area contributed by atoms with Gasteiger partial charge in [0.15, 0.2) is 0 Å². The number of Topliss-reactive ketones (excluding diaryl/α,β-unsaturated/α-hetero) is 1. The Balaban J connectivity index is 3.94. The van der Waals surface area contributed by atoms with Crippen LogP contribution in [0.5, 0.6) is 0 Å². The Morgan fingerprint density at radius 2 is 1.94 bits per heavy atom. The first-order valence-electron chi connectivity index (χ1n) is 5.96. The normalized spacial score (nSPS) is 12.4. The topological polar surface area (TPSA) is 43.4 Å². The highest BCUT2D eigenvalue weighted by atomic mass is 16.5. The monoisotopic (exact) mass is 238 g/mol. The maximum absolute atomic E-state index is 10.8. The van der Waals surface area contributed by atoms with E-state index in [0.29, 0.717) is 19.3 Å². The Kier molecular flexibility index (Phi) is 8.03. The smallest absolute Gasteiger partial charge is 0.302 e. The molecule has 0 bridgehead atoms. The molecule has 0 fully saturated rings. The van der Waals surface area contributed by atoms with Gasteiger partial charge in [0.1, 0.15) is 11.9 Å². The van der Waals surface area contributed by atoms with Gasteiger partial charge in [-0.3, -0.25) is 4.79 Å². The summed E-state index contributed by atoms with van der Waals surface area (Å²) in [5, 5.41) is 0. The summed E-state index contributed by atoms with van der Waals surface area (Å²) in [6.07, 6.45) is 6.48. The minimum atomic E-state index is -0.249. The second-order valence-electron chi connectivity index (χ2n) is 4.14. The molecule has 0 spiro atoms. The molecule has 0 N–H and O–H groups in total. The van der Waals surface area contributed by atoms with Crippen LogP contribution in [0.4, 0.5) is 0 Å². The zero-order valence-corrected chi connectivity index (χ0v) is 11.0. The molecule has 0 aliphatic heterocycles. The van der Waals surface area contributed by atoms with Crippen molar-refractivity contribution in [2.75, 3.05) is 0 Å². The molecular weight excluding hydrogens is 216 g/mol. The molecule has 0 aliphatic carbocycles. The average Bonchev–Trinajstić information content (AvgIpc) is 2.24. The Labute approximate surface area is 104 Å². The second kappa shape index (κ2) is 8.74. The van der Waals surface area contributed by atoms with Crippen LogP contribution in [0, 0.1) is 0 Å². The lowest BCUT2D eigenvalue weighted by Gasteiger charge is -2.12. The van der Waals surface area contributed by atoms with Crippen LogP contribution in [-0.4, -0.2) is 17.9 Å². The molecule has 0 radical (unpaired) electrons. The predicted octanol–water partition coefficient (Wildman–Crippen LogP) is 3.20. The van der Waals surface area contributed by atoms with Crippen LogP contribution in [-0.2, 0) is 14.3 Å². The minimum Gasteiger partial charge on any atom is -0.462 e. The van der Waals surface area contributed by atoms with Gasteiger partial charge in [-0.1, -0.05) is 31.2 Å². The summed E-state index contributed by atoms with van der Waals surface area (Å²) in [5.41, 5.74) is 0.929. The molecule has 0 heterocycles. The largest absolute Gasteiger partial charge is 0.462 e. The van der Waals surface area contributed by atoms with E-state index in [-0.39, 0.29) is 17.9 Å². The standard InChI is InChI=1S/C14H22O3/c1-5-14(17-13(4)16)8-6-7-11(2)9-10-12(3)15/h6-7,14H,2,5,8-10H2,1,3-4H3/b7-6+. The summed E-state index contributed by atoms with van der Waals surface area (Å²) in [6, 6.07) is 0.